The molecule has 1 aliphatic rings. The zero-order valence-electron chi connectivity index (χ0n) is 7.27. The normalized spacial score (nSPS) is 15.2. The minimum Gasteiger partial charge on any atom is -0.490 e. The van der Waals surface area contributed by atoms with E-state index in [1.165, 1.54) is 6.07 Å². The van der Waals surface area contributed by atoms with Crippen molar-refractivity contribution in [2.75, 3.05) is 0 Å². The van der Waals surface area contributed by atoms with Gasteiger partial charge in [-0.2, -0.15) is 0 Å². The minimum absolute atomic E-state index is 0.0446. The summed E-state index contributed by atoms with van der Waals surface area (Å²) >= 11 is 3.12. The highest BCUT2D eigenvalue weighted by Gasteiger charge is 2.24. The number of ether oxygens (including phenoxy) is 1. The van der Waals surface area contributed by atoms with Crippen molar-refractivity contribution in [3.63, 3.8) is 0 Å². The van der Waals surface area contributed by atoms with Crippen LogP contribution in [0.2, 0.25) is 0 Å². The first kappa shape index (κ1) is 9.45. The van der Waals surface area contributed by atoms with Crippen LogP contribution in [-0.2, 0) is 0 Å². The Balaban J connectivity index is 2.24. The van der Waals surface area contributed by atoms with E-state index in [0.717, 1.165) is 12.8 Å². The molecule has 0 saturated heterocycles. The van der Waals surface area contributed by atoms with Crippen molar-refractivity contribution >= 4 is 21.6 Å². The molecular formula is C9H8BrNO3. The lowest BCUT2D eigenvalue weighted by Crippen LogP contribution is -1.97. The van der Waals surface area contributed by atoms with Crippen LogP contribution >= 0.6 is 15.9 Å². The number of rotatable bonds is 3. The zero-order valence-corrected chi connectivity index (χ0v) is 8.86. The summed E-state index contributed by atoms with van der Waals surface area (Å²) in [6.45, 7) is 0. The van der Waals surface area contributed by atoms with Crippen LogP contribution < -0.4 is 4.74 Å². The highest BCUT2D eigenvalue weighted by atomic mass is 79.9. The highest BCUT2D eigenvalue weighted by Crippen LogP contribution is 2.32. The molecule has 0 aromatic heterocycles. The summed E-state index contributed by atoms with van der Waals surface area (Å²) in [7, 11) is 0. The van der Waals surface area contributed by atoms with Gasteiger partial charge in [-0.3, -0.25) is 10.1 Å². The fourth-order valence-electron chi connectivity index (χ4n) is 1.08. The molecule has 1 fully saturated rings. The molecule has 0 amide bonds. The van der Waals surface area contributed by atoms with E-state index in [1.54, 1.807) is 12.1 Å². The molecule has 1 aromatic rings. The molecule has 0 unspecified atom stereocenters. The van der Waals surface area contributed by atoms with Crippen LogP contribution in [0, 0.1) is 10.1 Å². The van der Waals surface area contributed by atoms with Crippen molar-refractivity contribution in [1.82, 2.24) is 0 Å². The third kappa shape index (κ3) is 2.04. The molecule has 1 aromatic carbocycles. The van der Waals surface area contributed by atoms with E-state index in [0.29, 0.717) is 10.2 Å². The van der Waals surface area contributed by atoms with Gasteiger partial charge in [0.25, 0.3) is 5.69 Å². The number of benzene rings is 1. The van der Waals surface area contributed by atoms with Gasteiger partial charge in [-0.15, -0.1) is 0 Å². The van der Waals surface area contributed by atoms with Gasteiger partial charge < -0.3 is 4.74 Å². The van der Waals surface area contributed by atoms with E-state index in [2.05, 4.69) is 15.9 Å². The summed E-state index contributed by atoms with van der Waals surface area (Å²) in [5, 5.41) is 10.6. The lowest BCUT2D eigenvalue weighted by molar-refractivity contribution is -0.385. The fourth-order valence-corrected chi connectivity index (χ4v) is 1.48. The number of hydrogen-bond acceptors (Lipinski definition) is 3. The molecule has 1 saturated carbocycles. The molecular weight excluding hydrogens is 250 g/mol. The topological polar surface area (TPSA) is 52.4 Å². The zero-order chi connectivity index (χ0) is 10.1. The van der Waals surface area contributed by atoms with Crippen LogP contribution in [0.25, 0.3) is 0 Å². The van der Waals surface area contributed by atoms with Gasteiger partial charge >= 0.3 is 0 Å². The van der Waals surface area contributed by atoms with Crippen LogP contribution in [0.4, 0.5) is 5.69 Å². The Morgan fingerprint density at radius 3 is 2.79 bits per heavy atom. The number of halogens is 1. The van der Waals surface area contributed by atoms with Crippen LogP contribution in [0.5, 0.6) is 5.75 Å². The first-order chi connectivity index (χ1) is 6.66. The summed E-state index contributed by atoms with van der Waals surface area (Å²) in [6.07, 6.45) is 2.35. The number of nitrogens with zero attached hydrogens (tertiary/aromatic N) is 1. The predicted octanol–water partition coefficient (Wildman–Crippen LogP) is 2.90. The second kappa shape index (κ2) is 3.57. The third-order valence-corrected chi connectivity index (χ3v) is 2.61. The van der Waals surface area contributed by atoms with E-state index >= 15 is 0 Å². The van der Waals surface area contributed by atoms with Gasteiger partial charge in [0.1, 0.15) is 5.75 Å². The lowest BCUT2D eigenvalue weighted by atomic mass is 10.3. The maximum Gasteiger partial charge on any atom is 0.287 e. The molecule has 0 aliphatic heterocycles. The largest absolute Gasteiger partial charge is 0.490 e. The van der Waals surface area contributed by atoms with Crippen LogP contribution in [0.3, 0.4) is 0 Å². The Morgan fingerprint density at radius 2 is 2.21 bits per heavy atom. The molecule has 0 spiro atoms. The number of nitro benzene ring substituents is 1. The van der Waals surface area contributed by atoms with Crippen molar-refractivity contribution in [3.05, 3.63) is 32.8 Å². The van der Waals surface area contributed by atoms with Crippen LogP contribution in [0.1, 0.15) is 12.8 Å². The van der Waals surface area contributed by atoms with E-state index in [1.807, 2.05) is 0 Å². The Labute approximate surface area is 89.2 Å². The molecule has 14 heavy (non-hydrogen) atoms. The fraction of sp³-hybridized carbons (Fsp3) is 0.333. The molecule has 0 radical (unpaired) electrons. The second-order valence-corrected chi connectivity index (χ2v) is 4.04. The first-order valence-electron chi connectivity index (χ1n) is 4.27. The van der Waals surface area contributed by atoms with Gasteiger partial charge in [0.2, 0.25) is 0 Å². The van der Waals surface area contributed by atoms with E-state index < -0.39 is 4.92 Å². The monoisotopic (exact) mass is 257 g/mol. The molecule has 2 rings (SSSR count). The molecule has 0 N–H and O–H groups in total. The SMILES string of the molecule is O=[N+]([O-])c1cc(OC2CC2)ccc1Br. The summed E-state index contributed by atoms with van der Waals surface area (Å²) in [5.41, 5.74) is 0.0446. The number of nitro groups is 1. The van der Waals surface area contributed by atoms with Crippen molar-refractivity contribution in [2.24, 2.45) is 0 Å². The van der Waals surface area contributed by atoms with Gasteiger partial charge in [-0.1, -0.05) is 0 Å². The second-order valence-electron chi connectivity index (χ2n) is 3.19. The molecule has 74 valence electrons. The van der Waals surface area contributed by atoms with Crippen molar-refractivity contribution < 1.29 is 9.66 Å². The molecule has 0 bridgehead atoms. The Kier molecular flexibility index (Phi) is 2.41. The standard InChI is InChI=1S/C9H8BrNO3/c10-8-4-3-7(14-6-1-2-6)5-9(8)11(12)13/h3-6H,1-2H2. The van der Waals surface area contributed by atoms with E-state index in [9.17, 15) is 10.1 Å². The molecule has 1 aliphatic carbocycles. The summed E-state index contributed by atoms with van der Waals surface area (Å²) in [5.74, 6) is 0.572. The van der Waals surface area contributed by atoms with E-state index in [-0.39, 0.29) is 11.8 Å². The van der Waals surface area contributed by atoms with Gasteiger partial charge in [0.05, 0.1) is 21.6 Å². The average molecular weight is 258 g/mol. The molecule has 4 nitrogen and oxygen atoms in total. The maximum absolute atomic E-state index is 10.6. The lowest BCUT2D eigenvalue weighted by Gasteiger charge is -2.03. The summed E-state index contributed by atoms with van der Waals surface area (Å²) in [4.78, 5) is 10.2. The molecule has 0 heterocycles. The van der Waals surface area contributed by atoms with Crippen molar-refractivity contribution in [3.8, 4) is 5.75 Å². The quantitative estimate of drug-likeness (QED) is 0.618. The maximum atomic E-state index is 10.6. The van der Waals surface area contributed by atoms with Gasteiger partial charge in [0, 0.05) is 0 Å². The van der Waals surface area contributed by atoms with Crippen molar-refractivity contribution in [2.45, 2.75) is 18.9 Å². The van der Waals surface area contributed by atoms with Gasteiger partial charge in [-0.05, 0) is 40.9 Å². The van der Waals surface area contributed by atoms with Crippen LogP contribution in [-0.4, -0.2) is 11.0 Å². The summed E-state index contributed by atoms with van der Waals surface area (Å²) in [6, 6.07) is 4.81. The van der Waals surface area contributed by atoms with Crippen molar-refractivity contribution in [1.29, 1.82) is 0 Å². The first-order valence-corrected chi connectivity index (χ1v) is 5.07. The number of hydrogen-bond donors (Lipinski definition) is 0. The van der Waals surface area contributed by atoms with Crippen LogP contribution in [0.15, 0.2) is 22.7 Å². The third-order valence-electron chi connectivity index (χ3n) is 1.94. The predicted molar refractivity (Wildman–Crippen MR) is 54.4 cm³/mol. The van der Waals surface area contributed by atoms with E-state index in [4.69, 9.17) is 4.74 Å². The Bertz CT molecular complexity index is 376. The Morgan fingerprint density at radius 1 is 1.50 bits per heavy atom. The van der Waals surface area contributed by atoms with Gasteiger partial charge in [0.15, 0.2) is 0 Å². The molecule has 5 heteroatoms. The Hall–Kier alpha value is -1.10. The summed E-state index contributed by atoms with van der Waals surface area (Å²) < 4.78 is 5.92. The smallest absolute Gasteiger partial charge is 0.287 e. The average Bonchev–Trinajstić information content (AvgIpc) is 2.92. The molecule has 0 atom stereocenters. The minimum atomic E-state index is -0.427. The highest BCUT2D eigenvalue weighted by molar-refractivity contribution is 9.10. The van der Waals surface area contributed by atoms with Gasteiger partial charge in [-0.25, -0.2) is 0 Å².